The molecule has 0 unspecified atom stereocenters. The molecule has 2 aromatic rings. The Balaban J connectivity index is 1.86. The number of primary amides is 1. The molecule has 0 bridgehead atoms. The Morgan fingerprint density at radius 2 is 2.00 bits per heavy atom. The Hall–Kier alpha value is -1.94. The van der Waals surface area contributed by atoms with Crippen LogP contribution in [0.5, 0.6) is 0 Å². The molecule has 0 aliphatic carbocycles. The van der Waals surface area contributed by atoms with Crippen molar-refractivity contribution >= 4 is 34.5 Å². The van der Waals surface area contributed by atoms with Gasteiger partial charge in [0.25, 0.3) is 5.91 Å². The second kappa shape index (κ2) is 6.44. The number of thiazole rings is 1. The third kappa shape index (κ3) is 4.04. The Morgan fingerprint density at radius 1 is 1.27 bits per heavy atom. The van der Waals surface area contributed by atoms with Crippen LogP contribution in [0.25, 0.3) is 0 Å². The number of halogens is 3. The summed E-state index contributed by atoms with van der Waals surface area (Å²) in [6.07, 6.45) is -4.26. The fourth-order valence-corrected chi connectivity index (χ4v) is 3.13. The number of nitrogens with zero attached hydrogens (tertiary/aromatic N) is 1. The van der Waals surface area contributed by atoms with E-state index in [-0.39, 0.29) is 23.5 Å². The van der Waals surface area contributed by atoms with Gasteiger partial charge in [0.15, 0.2) is 5.69 Å². The van der Waals surface area contributed by atoms with E-state index in [0.717, 1.165) is 28.1 Å². The zero-order valence-corrected chi connectivity index (χ0v) is 12.6. The van der Waals surface area contributed by atoms with Gasteiger partial charge < -0.3 is 11.1 Å². The van der Waals surface area contributed by atoms with Gasteiger partial charge in [-0.15, -0.1) is 22.7 Å². The van der Waals surface area contributed by atoms with Gasteiger partial charge in [0.1, 0.15) is 0 Å². The molecule has 2 heterocycles. The molecule has 5 nitrogen and oxygen atoms in total. The van der Waals surface area contributed by atoms with Crippen molar-refractivity contribution in [2.75, 3.05) is 6.54 Å². The molecule has 0 aliphatic rings. The number of hydrogen-bond acceptors (Lipinski definition) is 5. The van der Waals surface area contributed by atoms with Crippen LogP contribution in [0.3, 0.4) is 0 Å². The number of aromatic nitrogens is 1. The van der Waals surface area contributed by atoms with Crippen LogP contribution in [-0.4, -0.2) is 23.3 Å². The fourth-order valence-electron chi connectivity index (χ4n) is 1.51. The van der Waals surface area contributed by atoms with Gasteiger partial charge in [-0.1, -0.05) is 0 Å². The highest BCUT2D eigenvalue weighted by atomic mass is 32.1. The summed E-state index contributed by atoms with van der Waals surface area (Å²) in [5.74, 6) is -1.04. The number of rotatable bonds is 5. The number of nitrogens with one attached hydrogen (secondary N) is 1. The number of carbonyl (C=O) groups excluding carboxylic acids is 2. The first-order chi connectivity index (χ1) is 10.3. The maximum absolute atomic E-state index is 12.4. The molecule has 0 radical (unpaired) electrons. The topological polar surface area (TPSA) is 85.1 Å². The molecule has 2 aromatic heterocycles. The largest absolute Gasteiger partial charge is 0.434 e. The highest BCUT2D eigenvalue weighted by molar-refractivity contribution is 7.12. The molecule has 118 valence electrons. The van der Waals surface area contributed by atoms with Gasteiger partial charge in [-0.05, 0) is 6.07 Å². The summed E-state index contributed by atoms with van der Waals surface area (Å²) in [5, 5.41) is 5.25. The summed E-state index contributed by atoms with van der Waals surface area (Å²) in [6.45, 7) is 0.146. The quantitative estimate of drug-likeness (QED) is 0.868. The van der Waals surface area contributed by atoms with Gasteiger partial charge >= 0.3 is 6.18 Å². The molecule has 3 N–H and O–H groups in total. The van der Waals surface area contributed by atoms with Crippen LogP contribution in [-0.2, 0) is 12.6 Å². The number of nitrogens with two attached hydrogens (primary N) is 1. The van der Waals surface area contributed by atoms with Crippen molar-refractivity contribution in [3.63, 3.8) is 0 Å². The second-order valence-corrected chi connectivity index (χ2v) is 6.05. The first-order valence-electron chi connectivity index (χ1n) is 5.95. The van der Waals surface area contributed by atoms with Gasteiger partial charge in [0.05, 0.1) is 15.4 Å². The molecule has 0 atom stereocenters. The van der Waals surface area contributed by atoms with Gasteiger partial charge in [0, 0.05) is 23.7 Å². The monoisotopic (exact) mass is 349 g/mol. The minimum atomic E-state index is -4.46. The predicted molar refractivity (Wildman–Crippen MR) is 76.0 cm³/mol. The van der Waals surface area contributed by atoms with Crippen molar-refractivity contribution in [1.29, 1.82) is 0 Å². The normalized spacial score (nSPS) is 11.4. The molecular weight excluding hydrogens is 339 g/mol. The smallest absolute Gasteiger partial charge is 0.366 e. The molecule has 0 fully saturated rings. The van der Waals surface area contributed by atoms with Crippen molar-refractivity contribution in [2.45, 2.75) is 12.6 Å². The highest BCUT2D eigenvalue weighted by Gasteiger charge is 2.33. The van der Waals surface area contributed by atoms with E-state index in [1.165, 1.54) is 11.4 Å². The van der Waals surface area contributed by atoms with Crippen LogP contribution in [0.2, 0.25) is 0 Å². The minimum Gasteiger partial charge on any atom is -0.366 e. The SMILES string of the molecule is NC(=O)c1csc(C(=O)NCCc2nc(C(F)(F)F)cs2)c1. The average Bonchev–Trinajstić information content (AvgIpc) is 3.07. The Bertz CT molecular complexity index is 694. The molecule has 0 saturated heterocycles. The minimum absolute atomic E-state index is 0.146. The predicted octanol–water partition coefficient (Wildman–Crippen LogP) is 2.29. The average molecular weight is 349 g/mol. The van der Waals surface area contributed by atoms with Crippen molar-refractivity contribution < 1.29 is 22.8 Å². The van der Waals surface area contributed by atoms with Crippen LogP contribution in [0.4, 0.5) is 13.2 Å². The van der Waals surface area contributed by atoms with Gasteiger partial charge in [-0.3, -0.25) is 9.59 Å². The van der Waals surface area contributed by atoms with Gasteiger partial charge in [-0.25, -0.2) is 4.98 Å². The van der Waals surface area contributed by atoms with Crippen molar-refractivity contribution in [3.05, 3.63) is 38.0 Å². The Morgan fingerprint density at radius 3 is 2.55 bits per heavy atom. The van der Waals surface area contributed by atoms with Crippen LogP contribution < -0.4 is 11.1 Å². The summed E-state index contributed by atoms with van der Waals surface area (Å²) in [5.41, 5.74) is 4.39. The van der Waals surface area contributed by atoms with E-state index in [2.05, 4.69) is 10.3 Å². The standard InChI is InChI=1S/C12H10F3N3O2S2/c13-12(14,15)8-5-22-9(18-8)1-2-17-11(20)7-3-6(4-21-7)10(16)19/h3-5H,1-2H2,(H2,16,19)(H,17,20). The molecule has 0 aliphatic heterocycles. The fraction of sp³-hybridized carbons (Fsp3) is 0.250. The van der Waals surface area contributed by atoms with Crippen LogP contribution in [0.15, 0.2) is 16.8 Å². The number of hydrogen-bond donors (Lipinski definition) is 2. The molecule has 2 amide bonds. The van der Waals surface area contributed by atoms with E-state index in [1.54, 1.807) is 0 Å². The summed E-state index contributed by atoms with van der Waals surface area (Å²) < 4.78 is 37.1. The van der Waals surface area contributed by atoms with E-state index in [0.29, 0.717) is 4.88 Å². The second-order valence-electron chi connectivity index (χ2n) is 4.19. The van der Waals surface area contributed by atoms with E-state index < -0.39 is 23.7 Å². The summed E-state index contributed by atoms with van der Waals surface area (Å²) >= 11 is 1.96. The number of carbonyl (C=O) groups is 2. The molecule has 0 spiro atoms. The lowest BCUT2D eigenvalue weighted by Crippen LogP contribution is -2.25. The summed E-state index contributed by atoms with van der Waals surface area (Å²) in [7, 11) is 0. The van der Waals surface area contributed by atoms with Crippen molar-refractivity contribution in [1.82, 2.24) is 10.3 Å². The van der Waals surface area contributed by atoms with Crippen LogP contribution in [0, 0.1) is 0 Å². The van der Waals surface area contributed by atoms with Crippen LogP contribution in [0.1, 0.15) is 30.7 Å². The maximum Gasteiger partial charge on any atom is 0.434 e. The zero-order chi connectivity index (χ0) is 16.3. The molecular formula is C12H10F3N3O2S2. The van der Waals surface area contributed by atoms with E-state index in [1.807, 2.05) is 0 Å². The third-order valence-electron chi connectivity index (χ3n) is 2.57. The number of thiophene rings is 1. The lowest BCUT2D eigenvalue weighted by Gasteiger charge is -2.02. The summed E-state index contributed by atoms with van der Waals surface area (Å²) in [6, 6.07) is 1.37. The Labute approximate surface area is 131 Å². The zero-order valence-electron chi connectivity index (χ0n) is 10.9. The van der Waals surface area contributed by atoms with Crippen LogP contribution >= 0.6 is 22.7 Å². The van der Waals surface area contributed by atoms with E-state index >= 15 is 0 Å². The molecule has 2 rings (SSSR count). The first-order valence-corrected chi connectivity index (χ1v) is 7.71. The van der Waals surface area contributed by atoms with Gasteiger partial charge in [-0.2, -0.15) is 13.2 Å². The lowest BCUT2D eigenvalue weighted by molar-refractivity contribution is -0.140. The molecule has 10 heteroatoms. The number of alkyl halides is 3. The molecule has 0 aromatic carbocycles. The van der Waals surface area contributed by atoms with Gasteiger partial charge in [0.2, 0.25) is 5.91 Å². The molecule has 0 saturated carbocycles. The van der Waals surface area contributed by atoms with Crippen molar-refractivity contribution in [3.8, 4) is 0 Å². The third-order valence-corrected chi connectivity index (χ3v) is 4.41. The lowest BCUT2D eigenvalue weighted by atomic mass is 10.3. The Kier molecular flexibility index (Phi) is 4.81. The highest BCUT2D eigenvalue weighted by Crippen LogP contribution is 2.30. The summed E-state index contributed by atoms with van der Waals surface area (Å²) in [4.78, 5) is 26.5. The van der Waals surface area contributed by atoms with E-state index in [4.69, 9.17) is 5.73 Å². The van der Waals surface area contributed by atoms with Crippen molar-refractivity contribution in [2.24, 2.45) is 5.73 Å². The maximum atomic E-state index is 12.4. The molecule has 22 heavy (non-hydrogen) atoms. The number of amides is 2. The van der Waals surface area contributed by atoms with E-state index in [9.17, 15) is 22.8 Å². The first kappa shape index (κ1) is 16.4.